The molecule has 0 saturated carbocycles. The molecule has 8 heteroatoms. The molecule has 2 rings (SSSR count). The molecule has 0 spiro atoms. The van der Waals surface area contributed by atoms with Crippen LogP contribution in [0.25, 0.3) is 0 Å². The molecule has 2 heterocycles. The molecule has 8 nitrogen and oxygen atoms in total. The van der Waals surface area contributed by atoms with Gasteiger partial charge in [0.2, 0.25) is 0 Å². The Morgan fingerprint density at radius 3 is 2.83 bits per heavy atom. The van der Waals surface area contributed by atoms with Crippen molar-refractivity contribution < 1.29 is 19.2 Å². The van der Waals surface area contributed by atoms with Gasteiger partial charge in [0, 0.05) is 6.20 Å². The normalized spacial score (nSPS) is 10.1. The first-order valence-corrected chi connectivity index (χ1v) is 4.88. The van der Waals surface area contributed by atoms with Gasteiger partial charge in [-0.1, -0.05) is 5.16 Å². The zero-order chi connectivity index (χ0) is 13.1. The summed E-state index contributed by atoms with van der Waals surface area (Å²) in [6.07, 6.45) is 1.32. The number of nitrogens with one attached hydrogen (secondary N) is 1. The minimum absolute atomic E-state index is 0.112. The topological polar surface area (TPSA) is 118 Å². The Labute approximate surface area is 101 Å². The Morgan fingerprint density at radius 1 is 1.44 bits per heavy atom. The van der Waals surface area contributed by atoms with Crippen molar-refractivity contribution in [1.82, 2.24) is 15.1 Å². The van der Waals surface area contributed by atoms with E-state index in [0.717, 1.165) is 0 Å². The van der Waals surface area contributed by atoms with Crippen LogP contribution in [0.1, 0.15) is 26.7 Å². The summed E-state index contributed by atoms with van der Waals surface area (Å²) >= 11 is 0. The van der Waals surface area contributed by atoms with Crippen LogP contribution in [0.4, 0.5) is 6.01 Å². The van der Waals surface area contributed by atoms with Gasteiger partial charge >= 0.3 is 12.0 Å². The molecule has 0 unspecified atom stereocenters. The molecule has 18 heavy (non-hydrogen) atoms. The van der Waals surface area contributed by atoms with Gasteiger partial charge in [-0.05, 0) is 19.1 Å². The highest BCUT2D eigenvalue weighted by atomic mass is 16.5. The largest absolute Gasteiger partial charge is 0.478 e. The van der Waals surface area contributed by atoms with Crippen molar-refractivity contribution in [2.75, 3.05) is 5.32 Å². The highest BCUT2D eigenvalue weighted by Gasteiger charge is 2.19. The molecular weight excluding hydrogens is 240 g/mol. The van der Waals surface area contributed by atoms with Gasteiger partial charge in [0.1, 0.15) is 5.69 Å². The van der Waals surface area contributed by atoms with Gasteiger partial charge in [-0.15, -0.1) is 0 Å². The lowest BCUT2D eigenvalue weighted by Gasteiger charge is -2.02. The third-order valence-electron chi connectivity index (χ3n) is 2.00. The molecule has 0 fully saturated rings. The molecule has 0 bridgehead atoms. The molecule has 0 radical (unpaired) electrons. The summed E-state index contributed by atoms with van der Waals surface area (Å²) in [5.41, 5.74) is -0.424. The summed E-state index contributed by atoms with van der Waals surface area (Å²) in [4.78, 5) is 30.2. The number of carboxylic acids is 1. The van der Waals surface area contributed by atoms with Crippen molar-refractivity contribution in [3.63, 3.8) is 0 Å². The third kappa shape index (κ3) is 2.32. The van der Waals surface area contributed by atoms with Crippen LogP contribution >= 0.6 is 0 Å². The van der Waals surface area contributed by atoms with Crippen LogP contribution in [0.15, 0.2) is 22.9 Å². The number of carbonyl (C=O) groups excluding carboxylic acids is 1. The molecular formula is C10H8N4O4. The number of carbonyl (C=O) groups is 2. The number of hydrogen-bond donors (Lipinski definition) is 2. The van der Waals surface area contributed by atoms with E-state index in [-0.39, 0.29) is 17.3 Å². The molecule has 2 N–H and O–H groups in total. The van der Waals surface area contributed by atoms with Crippen LogP contribution in [-0.2, 0) is 0 Å². The third-order valence-corrected chi connectivity index (χ3v) is 2.00. The fraction of sp³-hybridized carbons (Fsp3) is 0.100. The van der Waals surface area contributed by atoms with E-state index in [0.29, 0.717) is 5.82 Å². The van der Waals surface area contributed by atoms with Gasteiger partial charge in [0.15, 0.2) is 5.82 Å². The summed E-state index contributed by atoms with van der Waals surface area (Å²) in [5, 5.41) is 14.7. The second kappa shape index (κ2) is 4.62. The maximum absolute atomic E-state index is 11.8. The van der Waals surface area contributed by atoms with Crippen molar-refractivity contribution in [2.45, 2.75) is 6.92 Å². The maximum Gasteiger partial charge on any atom is 0.338 e. The van der Waals surface area contributed by atoms with Crippen molar-refractivity contribution in [3.05, 3.63) is 35.4 Å². The van der Waals surface area contributed by atoms with Crippen molar-refractivity contribution >= 4 is 17.9 Å². The smallest absolute Gasteiger partial charge is 0.338 e. The first kappa shape index (κ1) is 11.7. The van der Waals surface area contributed by atoms with E-state index in [9.17, 15) is 9.59 Å². The molecule has 2 aromatic rings. The highest BCUT2D eigenvalue weighted by molar-refractivity contribution is 6.08. The van der Waals surface area contributed by atoms with E-state index in [4.69, 9.17) is 5.11 Å². The summed E-state index contributed by atoms with van der Waals surface area (Å²) in [7, 11) is 0. The van der Waals surface area contributed by atoms with E-state index in [1.807, 2.05) is 0 Å². The molecule has 0 aromatic carbocycles. The second-order valence-corrected chi connectivity index (χ2v) is 3.31. The molecule has 0 aliphatic heterocycles. The number of rotatable bonds is 3. The van der Waals surface area contributed by atoms with E-state index in [2.05, 4.69) is 25.0 Å². The second-order valence-electron chi connectivity index (χ2n) is 3.31. The summed E-state index contributed by atoms with van der Waals surface area (Å²) < 4.78 is 4.69. The van der Waals surface area contributed by atoms with Gasteiger partial charge in [-0.2, -0.15) is 4.98 Å². The molecule has 0 saturated heterocycles. The van der Waals surface area contributed by atoms with Crippen molar-refractivity contribution in [3.8, 4) is 0 Å². The SMILES string of the molecule is Cc1noc(NC(=O)c2ncccc2C(=O)O)n1. The van der Waals surface area contributed by atoms with Crippen LogP contribution in [0.3, 0.4) is 0 Å². The van der Waals surface area contributed by atoms with Crippen LogP contribution in [-0.4, -0.2) is 32.1 Å². The van der Waals surface area contributed by atoms with E-state index >= 15 is 0 Å². The summed E-state index contributed by atoms with van der Waals surface area (Å²) in [6, 6.07) is 2.60. The summed E-state index contributed by atoms with van der Waals surface area (Å²) in [6.45, 7) is 1.59. The van der Waals surface area contributed by atoms with E-state index < -0.39 is 11.9 Å². The van der Waals surface area contributed by atoms with Crippen molar-refractivity contribution in [1.29, 1.82) is 0 Å². The zero-order valence-corrected chi connectivity index (χ0v) is 9.25. The van der Waals surface area contributed by atoms with E-state index in [1.54, 1.807) is 6.92 Å². The lowest BCUT2D eigenvalue weighted by Crippen LogP contribution is -2.18. The first-order chi connectivity index (χ1) is 8.58. The number of hydrogen-bond acceptors (Lipinski definition) is 6. The number of anilines is 1. The quantitative estimate of drug-likeness (QED) is 0.821. The lowest BCUT2D eigenvalue weighted by atomic mass is 10.2. The monoisotopic (exact) mass is 248 g/mol. The lowest BCUT2D eigenvalue weighted by molar-refractivity contribution is 0.0691. The fourth-order valence-electron chi connectivity index (χ4n) is 1.26. The molecule has 0 aliphatic rings. The first-order valence-electron chi connectivity index (χ1n) is 4.88. The predicted octanol–water partition coefficient (Wildman–Crippen LogP) is 0.724. The van der Waals surface area contributed by atoms with Crippen LogP contribution in [0, 0.1) is 6.92 Å². The van der Waals surface area contributed by atoms with Gasteiger partial charge in [-0.25, -0.2) is 4.79 Å². The average molecular weight is 248 g/mol. The summed E-state index contributed by atoms with van der Waals surface area (Å²) in [5.74, 6) is -1.61. The Hall–Kier alpha value is -2.77. The number of amides is 1. The molecule has 92 valence electrons. The molecule has 0 aliphatic carbocycles. The van der Waals surface area contributed by atoms with Gasteiger partial charge in [0.05, 0.1) is 5.56 Å². The number of nitrogens with zero attached hydrogens (tertiary/aromatic N) is 3. The number of pyridine rings is 1. The highest BCUT2D eigenvalue weighted by Crippen LogP contribution is 2.09. The van der Waals surface area contributed by atoms with Gasteiger partial charge in [-0.3, -0.25) is 15.1 Å². The fourth-order valence-corrected chi connectivity index (χ4v) is 1.26. The molecule has 2 aromatic heterocycles. The number of aromatic nitrogens is 3. The minimum Gasteiger partial charge on any atom is -0.478 e. The number of aromatic carboxylic acids is 1. The molecule has 0 atom stereocenters. The average Bonchev–Trinajstić information content (AvgIpc) is 2.74. The van der Waals surface area contributed by atoms with Gasteiger partial charge in [0.25, 0.3) is 5.91 Å². The van der Waals surface area contributed by atoms with Gasteiger partial charge < -0.3 is 9.63 Å². The Kier molecular flexibility index (Phi) is 3.00. The standard InChI is InChI=1S/C10H8N4O4/c1-5-12-10(18-14-5)13-8(15)7-6(9(16)17)3-2-4-11-7/h2-4H,1H3,(H,16,17)(H,12,13,14,15). The minimum atomic E-state index is -1.24. The maximum atomic E-state index is 11.8. The van der Waals surface area contributed by atoms with E-state index in [1.165, 1.54) is 18.3 Å². The van der Waals surface area contributed by atoms with Crippen molar-refractivity contribution in [2.24, 2.45) is 0 Å². The Balaban J connectivity index is 2.26. The van der Waals surface area contributed by atoms with Crippen LogP contribution < -0.4 is 5.32 Å². The predicted molar refractivity (Wildman–Crippen MR) is 58.2 cm³/mol. The zero-order valence-electron chi connectivity index (χ0n) is 9.25. The van der Waals surface area contributed by atoms with Crippen LogP contribution in [0.5, 0.6) is 0 Å². The van der Waals surface area contributed by atoms with Crippen LogP contribution in [0.2, 0.25) is 0 Å². The molecule has 1 amide bonds. The Bertz CT molecular complexity index is 607. The number of carboxylic acid groups (broad SMARTS) is 1. The Morgan fingerprint density at radius 2 is 2.22 bits per heavy atom. The number of aryl methyl sites for hydroxylation is 1.